The van der Waals surface area contributed by atoms with Crippen LogP contribution in [0.25, 0.3) is 11.4 Å². The summed E-state index contributed by atoms with van der Waals surface area (Å²) in [6, 6.07) is 17.1. The molecule has 0 amide bonds. The monoisotopic (exact) mass is 313 g/mol. The van der Waals surface area contributed by atoms with Crippen molar-refractivity contribution < 1.29 is 5.11 Å². The molecule has 114 valence electrons. The second kappa shape index (κ2) is 7.56. The SMILES string of the molecule is CC.Oc1ccccc1-c1n[nH]c(=S)n1Cc1ccccc1. The smallest absolute Gasteiger partial charge is 0.195 e. The number of aromatic hydroxyl groups is 1. The van der Waals surface area contributed by atoms with E-state index in [0.717, 1.165) is 5.56 Å². The highest BCUT2D eigenvalue weighted by Crippen LogP contribution is 2.27. The lowest BCUT2D eigenvalue weighted by atomic mass is 10.1. The number of para-hydroxylation sites is 1. The second-order valence-electron chi connectivity index (χ2n) is 4.44. The number of aromatic amines is 1. The summed E-state index contributed by atoms with van der Waals surface area (Å²) in [5.41, 5.74) is 1.79. The van der Waals surface area contributed by atoms with Crippen LogP contribution in [0, 0.1) is 4.77 Å². The summed E-state index contributed by atoms with van der Waals surface area (Å²) in [4.78, 5) is 0. The van der Waals surface area contributed by atoms with Crippen LogP contribution in [-0.4, -0.2) is 19.9 Å². The van der Waals surface area contributed by atoms with Gasteiger partial charge < -0.3 is 5.11 Å². The molecule has 0 aliphatic heterocycles. The number of nitrogens with one attached hydrogen (secondary N) is 1. The van der Waals surface area contributed by atoms with E-state index in [4.69, 9.17) is 12.2 Å². The van der Waals surface area contributed by atoms with Crippen molar-refractivity contribution in [3.63, 3.8) is 0 Å². The molecule has 0 radical (unpaired) electrons. The molecule has 2 aromatic carbocycles. The van der Waals surface area contributed by atoms with E-state index < -0.39 is 0 Å². The molecule has 3 aromatic rings. The van der Waals surface area contributed by atoms with Gasteiger partial charge in [0.1, 0.15) is 5.75 Å². The van der Waals surface area contributed by atoms with Crippen LogP contribution in [0.2, 0.25) is 0 Å². The van der Waals surface area contributed by atoms with E-state index in [0.29, 0.717) is 22.7 Å². The van der Waals surface area contributed by atoms with Crippen LogP contribution in [0.3, 0.4) is 0 Å². The number of hydrogen-bond donors (Lipinski definition) is 2. The van der Waals surface area contributed by atoms with Crippen LogP contribution < -0.4 is 0 Å². The summed E-state index contributed by atoms with van der Waals surface area (Å²) >= 11 is 5.28. The Labute approximate surface area is 135 Å². The average molecular weight is 313 g/mol. The Kier molecular flexibility index (Phi) is 5.49. The first-order chi connectivity index (χ1) is 10.8. The summed E-state index contributed by atoms with van der Waals surface area (Å²) in [7, 11) is 0. The lowest BCUT2D eigenvalue weighted by molar-refractivity contribution is 0.476. The van der Waals surface area contributed by atoms with Crippen LogP contribution >= 0.6 is 12.2 Å². The number of aromatic nitrogens is 3. The number of H-pyrrole nitrogens is 1. The molecule has 0 unspecified atom stereocenters. The number of phenols is 1. The Morgan fingerprint density at radius 1 is 1.05 bits per heavy atom. The van der Waals surface area contributed by atoms with Crippen molar-refractivity contribution in [2.75, 3.05) is 0 Å². The number of nitrogens with zero attached hydrogens (tertiary/aromatic N) is 2. The van der Waals surface area contributed by atoms with Gasteiger partial charge in [0, 0.05) is 0 Å². The van der Waals surface area contributed by atoms with Crippen molar-refractivity contribution in [2.24, 2.45) is 0 Å². The fraction of sp³-hybridized carbons (Fsp3) is 0.176. The van der Waals surface area contributed by atoms with E-state index in [1.165, 1.54) is 0 Å². The summed E-state index contributed by atoms with van der Waals surface area (Å²) in [5.74, 6) is 0.827. The molecule has 1 heterocycles. The maximum Gasteiger partial charge on any atom is 0.195 e. The van der Waals surface area contributed by atoms with Crippen molar-refractivity contribution >= 4 is 12.2 Å². The van der Waals surface area contributed by atoms with Gasteiger partial charge >= 0.3 is 0 Å². The molecule has 22 heavy (non-hydrogen) atoms. The van der Waals surface area contributed by atoms with Crippen LogP contribution in [0.5, 0.6) is 5.75 Å². The molecule has 0 saturated carbocycles. The van der Waals surface area contributed by atoms with Crippen LogP contribution in [0.15, 0.2) is 54.6 Å². The maximum absolute atomic E-state index is 9.96. The second-order valence-corrected chi connectivity index (χ2v) is 4.83. The average Bonchev–Trinajstić information content (AvgIpc) is 2.92. The van der Waals surface area contributed by atoms with Crippen LogP contribution in [0.1, 0.15) is 19.4 Å². The molecule has 0 atom stereocenters. The minimum Gasteiger partial charge on any atom is -0.507 e. The molecule has 4 nitrogen and oxygen atoms in total. The minimum absolute atomic E-state index is 0.191. The van der Waals surface area contributed by atoms with Crippen molar-refractivity contribution in [3.05, 3.63) is 64.9 Å². The Balaban J connectivity index is 0.000000847. The highest BCUT2D eigenvalue weighted by atomic mass is 32.1. The van der Waals surface area contributed by atoms with Crippen molar-refractivity contribution in [3.8, 4) is 17.1 Å². The normalized spacial score (nSPS) is 9.91. The highest BCUT2D eigenvalue weighted by Gasteiger charge is 2.12. The number of rotatable bonds is 3. The summed E-state index contributed by atoms with van der Waals surface area (Å²) in [6.07, 6.45) is 0. The molecule has 5 heteroatoms. The van der Waals surface area contributed by atoms with Crippen molar-refractivity contribution in [1.29, 1.82) is 0 Å². The van der Waals surface area contributed by atoms with E-state index >= 15 is 0 Å². The standard InChI is InChI=1S/C15H13N3OS.C2H6/c19-13-9-5-4-8-12(13)14-16-17-15(20)18(14)10-11-6-2-1-3-7-11;1-2/h1-9,19H,10H2,(H,17,20);1-2H3. The van der Waals surface area contributed by atoms with E-state index in [1.807, 2.05) is 60.9 Å². The fourth-order valence-electron chi connectivity index (χ4n) is 2.10. The molecule has 0 fully saturated rings. The van der Waals surface area contributed by atoms with E-state index in [2.05, 4.69) is 10.2 Å². The number of phenolic OH excluding ortho intramolecular Hbond substituents is 1. The predicted octanol–water partition coefficient (Wildman–Crippen LogP) is 4.39. The van der Waals surface area contributed by atoms with Crippen LogP contribution in [-0.2, 0) is 6.54 Å². The Bertz CT molecular complexity index is 778. The number of benzene rings is 2. The van der Waals surface area contributed by atoms with Crippen molar-refractivity contribution in [2.45, 2.75) is 20.4 Å². The zero-order valence-electron chi connectivity index (χ0n) is 12.7. The first kappa shape index (κ1) is 16.0. The van der Waals surface area contributed by atoms with Gasteiger partial charge in [-0.2, -0.15) is 5.10 Å². The molecule has 2 N–H and O–H groups in total. The summed E-state index contributed by atoms with van der Waals surface area (Å²) in [6.45, 7) is 4.61. The van der Waals surface area contributed by atoms with Gasteiger partial charge in [-0.3, -0.25) is 9.67 Å². The fourth-order valence-corrected chi connectivity index (χ4v) is 2.30. The first-order valence-electron chi connectivity index (χ1n) is 7.23. The Hall–Kier alpha value is -2.40. The van der Waals surface area contributed by atoms with E-state index in [1.54, 1.807) is 12.1 Å². The summed E-state index contributed by atoms with van der Waals surface area (Å²) < 4.78 is 2.41. The van der Waals surface area contributed by atoms with Gasteiger partial charge in [-0.05, 0) is 29.9 Å². The van der Waals surface area contributed by atoms with E-state index in [-0.39, 0.29) is 5.75 Å². The summed E-state index contributed by atoms with van der Waals surface area (Å²) in [5, 5.41) is 17.0. The zero-order valence-corrected chi connectivity index (χ0v) is 13.5. The molecule has 0 bridgehead atoms. The third-order valence-electron chi connectivity index (χ3n) is 3.09. The number of hydrogen-bond acceptors (Lipinski definition) is 3. The van der Waals surface area contributed by atoms with Crippen LogP contribution in [0.4, 0.5) is 0 Å². The van der Waals surface area contributed by atoms with Gasteiger partial charge in [-0.15, -0.1) is 0 Å². The first-order valence-corrected chi connectivity index (χ1v) is 7.64. The Morgan fingerprint density at radius 2 is 1.68 bits per heavy atom. The van der Waals surface area contributed by atoms with E-state index in [9.17, 15) is 5.11 Å². The molecule has 0 saturated heterocycles. The maximum atomic E-state index is 9.96. The van der Waals surface area contributed by atoms with Gasteiger partial charge in [0.05, 0.1) is 12.1 Å². The van der Waals surface area contributed by atoms with Gasteiger partial charge in [-0.25, -0.2) is 0 Å². The van der Waals surface area contributed by atoms with Gasteiger partial charge in [0.2, 0.25) is 0 Å². The predicted molar refractivity (Wildman–Crippen MR) is 91.4 cm³/mol. The highest BCUT2D eigenvalue weighted by molar-refractivity contribution is 7.71. The largest absolute Gasteiger partial charge is 0.507 e. The third kappa shape index (κ3) is 3.43. The lowest BCUT2D eigenvalue weighted by Crippen LogP contribution is -2.02. The van der Waals surface area contributed by atoms with Gasteiger partial charge in [0.25, 0.3) is 0 Å². The molecular weight excluding hydrogens is 294 g/mol. The molecule has 0 aliphatic carbocycles. The molecule has 0 spiro atoms. The van der Waals surface area contributed by atoms with Gasteiger partial charge in [0.15, 0.2) is 10.6 Å². The minimum atomic E-state index is 0.191. The third-order valence-corrected chi connectivity index (χ3v) is 3.40. The molecule has 0 aliphatic rings. The quantitative estimate of drug-likeness (QED) is 0.705. The topological polar surface area (TPSA) is 53.8 Å². The molecule has 3 rings (SSSR count). The molecule has 1 aromatic heterocycles. The van der Waals surface area contributed by atoms with Gasteiger partial charge in [-0.1, -0.05) is 56.3 Å². The zero-order chi connectivity index (χ0) is 15.9. The molecular formula is C17H19N3OS. The Morgan fingerprint density at radius 3 is 2.36 bits per heavy atom. The van der Waals surface area contributed by atoms with Crippen molar-refractivity contribution in [1.82, 2.24) is 14.8 Å². The lowest BCUT2D eigenvalue weighted by Gasteiger charge is -2.08.